The number of benzene rings is 1. The van der Waals surface area contributed by atoms with Crippen molar-refractivity contribution >= 4 is 23.2 Å². The molecule has 1 aromatic carbocycles. The van der Waals surface area contributed by atoms with Crippen LogP contribution in [0.25, 0.3) is 0 Å². The molecule has 0 saturated heterocycles. The topological polar surface area (TPSA) is 58.2 Å². The molecule has 112 valence electrons. The summed E-state index contributed by atoms with van der Waals surface area (Å²) in [5.74, 6) is 5.33. The number of nitrogens with one attached hydrogen (secondary N) is 2. The fourth-order valence-electron chi connectivity index (χ4n) is 1.69. The lowest BCUT2D eigenvalue weighted by Crippen LogP contribution is -2.44. The molecule has 0 spiro atoms. The van der Waals surface area contributed by atoms with Gasteiger partial charge >= 0.3 is 0 Å². The Hall–Kier alpha value is -2.58. The molecule has 0 saturated carbocycles. The molecule has 0 aliphatic rings. The van der Waals surface area contributed by atoms with E-state index >= 15 is 0 Å². The molecule has 1 atom stereocenters. The van der Waals surface area contributed by atoms with Crippen molar-refractivity contribution in [2.75, 3.05) is 6.54 Å². The lowest BCUT2D eigenvalue weighted by molar-refractivity contribution is -0.122. The van der Waals surface area contributed by atoms with Crippen molar-refractivity contribution in [2.45, 2.75) is 13.0 Å². The van der Waals surface area contributed by atoms with Gasteiger partial charge in [0, 0.05) is 5.56 Å². The van der Waals surface area contributed by atoms with Gasteiger partial charge in [0.2, 0.25) is 5.91 Å². The average molecular weight is 312 g/mol. The molecule has 1 heterocycles. The quantitative estimate of drug-likeness (QED) is 0.849. The first kappa shape index (κ1) is 15.8. The summed E-state index contributed by atoms with van der Waals surface area (Å²) in [6.45, 7) is 1.89. The van der Waals surface area contributed by atoms with Gasteiger partial charge in [-0.1, -0.05) is 36.1 Å². The maximum atomic E-state index is 11.9. The van der Waals surface area contributed by atoms with Gasteiger partial charge in [-0.3, -0.25) is 9.59 Å². The molecule has 0 fully saturated rings. The van der Waals surface area contributed by atoms with Crippen LogP contribution in [0.1, 0.15) is 22.2 Å². The van der Waals surface area contributed by atoms with E-state index in [-0.39, 0.29) is 18.4 Å². The fourth-order valence-corrected chi connectivity index (χ4v) is 2.32. The zero-order valence-electron chi connectivity index (χ0n) is 12.1. The van der Waals surface area contributed by atoms with Gasteiger partial charge in [-0.15, -0.1) is 11.3 Å². The van der Waals surface area contributed by atoms with Crippen molar-refractivity contribution in [3.05, 3.63) is 58.3 Å². The van der Waals surface area contributed by atoms with Gasteiger partial charge in [0.25, 0.3) is 5.91 Å². The SMILES string of the molecule is CC(NC(=O)c1cccs1)C(=O)NCC#Cc1ccccc1. The molecular weight excluding hydrogens is 296 g/mol. The Morgan fingerprint density at radius 3 is 2.64 bits per heavy atom. The second-order valence-electron chi connectivity index (χ2n) is 4.56. The first-order valence-corrected chi connectivity index (χ1v) is 7.71. The summed E-state index contributed by atoms with van der Waals surface area (Å²) >= 11 is 1.34. The lowest BCUT2D eigenvalue weighted by Gasteiger charge is -2.12. The number of hydrogen-bond acceptors (Lipinski definition) is 3. The van der Waals surface area contributed by atoms with Crippen LogP contribution in [0.5, 0.6) is 0 Å². The van der Waals surface area contributed by atoms with Crippen molar-refractivity contribution in [1.29, 1.82) is 0 Å². The number of hydrogen-bond donors (Lipinski definition) is 2. The predicted molar refractivity (Wildman–Crippen MR) is 87.6 cm³/mol. The van der Waals surface area contributed by atoms with Crippen LogP contribution < -0.4 is 10.6 Å². The van der Waals surface area contributed by atoms with E-state index in [0.29, 0.717) is 4.88 Å². The van der Waals surface area contributed by atoms with E-state index in [1.165, 1.54) is 11.3 Å². The number of amides is 2. The number of carbonyl (C=O) groups excluding carboxylic acids is 2. The molecule has 2 N–H and O–H groups in total. The highest BCUT2D eigenvalue weighted by Crippen LogP contribution is 2.08. The summed E-state index contributed by atoms with van der Waals surface area (Å²) in [6.07, 6.45) is 0. The van der Waals surface area contributed by atoms with E-state index in [9.17, 15) is 9.59 Å². The van der Waals surface area contributed by atoms with Gasteiger partial charge < -0.3 is 10.6 Å². The highest BCUT2D eigenvalue weighted by molar-refractivity contribution is 7.12. The average Bonchev–Trinajstić information content (AvgIpc) is 3.07. The fraction of sp³-hybridized carbons (Fsp3) is 0.176. The molecule has 1 unspecified atom stereocenters. The second-order valence-corrected chi connectivity index (χ2v) is 5.51. The van der Waals surface area contributed by atoms with Crippen LogP contribution in [-0.4, -0.2) is 24.4 Å². The Balaban J connectivity index is 1.77. The summed E-state index contributed by atoms with van der Waals surface area (Å²) in [5, 5.41) is 7.15. The van der Waals surface area contributed by atoms with Crippen LogP contribution in [0.3, 0.4) is 0 Å². The maximum Gasteiger partial charge on any atom is 0.261 e. The number of thiophene rings is 1. The molecule has 4 nitrogen and oxygen atoms in total. The minimum Gasteiger partial charge on any atom is -0.343 e. The van der Waals surface area contributed by atoms with Gasteiger partial charge in [0.05, 0.1) is 11.4 Å². The van der Waals surface area contributed by atoms with Crippen LogP contribution in [-0.2, 0) is 4.79 Å². The Morgan fingerprint density at radius 1 is 1.18 bits per heavy atom. The van der Waals surface area contributed by atoms with Gasteiger partial charge in [-0.25, -0.2) is 0 Å². The van der Waals surface area contributed by atoms with Crippen molar-refractivity contribution in [1.82, 2.24) is 10.6 Å². The first-order valence-electron chi connectivity index (χ1n) is 6.83. The predicted octanol–water partition coefficient (Wildman–Crippen LogP) is 2.03. The molecule has 2 rings (SSSR count). The van der Waals surface area contributed by atoms with E-state index < -0.39 is 6.04 Å². The number of carbonyl (C=O) groups is 2. The summed E-state index contributed by atoms with van der Waals surface area (Å²) in [4.78, 5) is 24.3. The van der Waals surface area contributed by atoms with E-state index in [4.69, 9.17) is 0 Å². The molecule has 0 aliphatic heterocycles. The summed E-state index contributed by atoms with van der Waals surface area (Å²) in [6, 6.07) is 12.4. The van der Waals surface area contributed by atoms with E-state index in [1.54, 1.807) is 19.1 Å². The molecule has 2 aromatic rings. The zero-order chi connectivity index (χ0) is 15.8. The third kappa shape index (κ3) is 4.76. The Bertz CT molecular complexity index is 684. The second kappa shape index (κ2) is 8.01. The van der Waals surface area contributed by atoms with Gasteiger partial charge in [-0.2, -0.15) is 0 Å². The van der Waals surface area contributed by atoms with Gasteiger partial charge in [0.15, 0.2) is 0 Å². The minimum absolute atomic E-state index is 0.243. The van der Waals surface area contributed by atoms with Gasteiger partial charge in [0.1, 0.15) is 6.04 Å². The summed E-state index contributed by atoms with van der Waals surface area (Å²) < 4.78 is 0. The van der Waals surface area contributed by atoms with Crippen molar-refractivity contribution in [2.24, 2.45) is 0 Å². The molecule has 1 aromatic heterocycles. The molecule has 2 amide bonds. The normalized spacial score (nSPS) is 11.0. The highest BCUT2D eigenvalue weighted by Gasteiger charge is 2.16. The Morgan fingerprint density at radius 2 is 1.95 bits per heavy atom. The van der Waals surface area contributed by atoms with Crippen LogP contribution in [0.2, 0.25) is 0 Å². The standard InChI is InChI=1S/C17H16N2O2S/c1-13(19-17(21)15-10-6-12-22-15)16(20)18-11-5-9-14-7-3-2-4-8-14/h2-4,6-8,10,12-13H,11H2,1H3,(H,18,20)(H,19,21). The van der Waals surface area contributed by atoms with Crippen LogP contribution in [0.4, 0.5) is 0 Å². The summed E-state index contributed by atoms with van der Waals surface area (Å²) in [5.41, 5.74) is 0.899. The molecule has 22 heavy (non-hydrogen) atoms. The van der Waals surface area contributed by atoms with Gasteiger partial charge in [-0.05, 0) is 30.5 Å². The monoisotopic (exact) mass is 312 g/mol. The molecule has 0 radical (unpaired) electrons. The first-order chi connectivity index (χ1) is 10.7. The molecule has 0 aliphatic carbocycles. The largest absolute Gasteiger partial charge is 0.343 e. The zero-order valence-corrected chi connectivity index (χ0v) is 12.9. The van der Waals surface area contributed by atoms with E-state index in [2.05, 4.69) is 22.5 Å². The molecule has 5 heteroatoms. The van der Waals surface area contributed by atoms with Crippen molar-refractivity contribution < 1.29 is 9.59 Å². The van der Waals surface area contributed by atoms with Crippen molar-refractivity contribution in [3.63, 3.8) is 0 Å². The lowest BCUT2D eigenvalue weighted by atomic mass is 10.2. The highest BCUT2D eigenvalue weighted by atomic mass is 32.1. The van der Waals surface area contributed by atoms with Crippen LogP contribution in [0, 0.1) is 11.8 Å². The van der Waals surface area contributed by atoms with Crippen LogP contribution >= 0.6 is 11.3 Å². The summed E-state index contributed by atoms with van der Waals surface area (Å²) in [7, 11) is 0. The smallest absolute Gasteiger partial charge is 0.261 e. The maximum absolute atomic E-state index is 11.9. The van der Waals surface area contributed by atoms with Crippen molar-refractivity contribution in [3.8, 4) is 11.8 Å². The molecule has 0 bridgehead atoms. The Kier molecular flexibility index (Phi) is 5.75. The van der Waals surface area contributed by atoms with E-state index in [1.807, 2.05) is 35.7 Å². The Labute approximate surface area is 133 Å². The van der Waals surface area contributed by atoms with Crippen LogP contribution in [0.15, 0.2) is 47.8 Å². The third-order valence-corrected chi connectivity index (χ3v) is 3.71. The number of rotatable bonds is 4. The molecular formula is C17H16N2O2S. The van der Waals surface area contributed by atoms with E-state index in [0.717, 1.165) is 5.56 Å². The minimum atomic E-state index is -0.604. The third-order valence-electron chi connectivity index (χ3n) is 2.84.